The van der Waals surface area contributed by atoms with E-state index in [4.69, 9.17) is 0 Å². The Balaban J connectivity index is 0.866. The number of nitrogens with one attached hydrogen (secondary N) is 4. The third kappa shape index (κ3) is 8.93. The highest BCUT2D eigenvalue weighted by molar-refractivity contribution is 5.94. The van der Waals surface area contributed by atoms with Crippen LogP contribution < -0.4 is 16.0 Å². The quantitative estimate of drug-likeness (QED) is 0.154. The van der Waals surface area contributed by atoms with Crippen molar-refractivity contribution in [3.05, 3.63) is 125 Å². The van der Waals surface area contributed by atoms with Crippen molar-refractivity contribution < 1.29 is 24.0 Å². The average molecular weight is 766 g/mol. The largest absolute Gasteiger partial charge is 0.350 e. The summed E-state index contributed by atoms with van der Waals surface area (Å²) in [6.07, 6.45) is 7.91. The Hall–Kier alpha value is -6.22. The smallest absolute Gasteiger partial charge is 0.250 e. The summed E-state index contributed by atoms with van der Waals surface area (Å²) < 4.78 is 0. The molecular weight excluding hydrogens is 719 g/mol. The van der Waals surface area contributed by atoms with Crippen LogP contribution in [0.2, 0.25) is 0 Å². The molecule has 0 bridgehead atoms. The molecular formula is C45H47N7O5. The monoisotopic (exact) mass is 765 g/mol. The molecule has 4 aliphatic rings. The fourth-order valence-electron chi connectivity index (χ4n) is 7.75. The minimum atomic E-state index is -0.833. The number of benzene rings is 3. The van der Waals surface area contributed by atoms with Crippen LogP contribution >= 0.6 is 0 Å². The Bertz CT molecular complexity index is 2170. The first-order valence-corrected chi connectivity index (χ1v) is 20.1. The summed E-state index contributed by atoms with van der Waals surface area (Å²) in [6, 6.07) is 23.8. The van der Waals surface area contributed by atoms with Crippen molar-refractivity contribution in [1.82, 2.24) is 35.7 Å². The second-order valence-electron chi connectivity index (χ2n) is 15.5. The minimum absolute atomic E-state index is 0.0126. The van der Waals surface area contributed by atoms with E-state index in [0.29, 0.717) is 49.6 Å². The second-order valence-corrected chi connectivity index (χ2v) is 15.5. The fourth-order valence-corrected chi connectivity index (χ4v) is 7.75. The van der Waals surface area contributed by atoms with Gasteiger partial charge in [-0.1, -0.05) is 78.7 Å². The standard InChI is InChI=1S/C45H47N7O5/c53-41(33-20-21-33)49-38(31-9-3-1-4-10-31)44(56)51-25-7-13-36(51)40-46-28-35(48-40)24-19-29-15-17-30(18-16-29)27-47-43(55)37-14-8-26-52(37)45(57)39(32-11-5-2-6-12-32)50-42(54)34-22-23-34/h1-6,9-12,15-18,28,33-34,36-39H,7-8,13-14,20-23,25-27H2,(H,46,48)(H,47,55)(H,49,53)(H,50,54). The van der Waals surface area contributed by atoms with Crippen molar-refractivity contribution in [2.45, 2.75) is 82.1 Å². The van der Waals surface area contributed by atoms with E-state index in [0.717, 1.165) is 55.2 Å². The Morgan fingerprint density at radius 1 is 0.667 bits per heavy atom. The molecule has 0 spiro atoms. The SMILES string of the molecule is O=C(NC(C(=O)N1CCCC1C(=O)NCc1ccc(C#Cc2cnc(C3CCCN3C(=O)C(NC(=O)C3CC3)c3ccccc3)[nH]2)cc1)c1ccccc1)C1CC1. The van der Waals surface area contributed by atoms with Gasteiger partial charge in [-0.15, -0.1) is 0 Å². The lowest BCUT2D eigenvalue weighted by Gasteiger charge is -2.29. The number of likely N-dealkylation sites (tertiary alicyclic amines) is 2. The molecule has 2 saturated carbocycles. The minimum Gasteiger partial charge on any atom is -0.350 e. The summed E-state index contributed by atoms with van der Waals surface area (Å²) in [5, 5.41) is 8.97. The Kier molecular flexibility index (Phi) is 11.2. The number of hydrogen-bond donors (Lipinski definition) is 4. The normalized spacial score (nSPS) is 19.9. The van der Waals surface area contributed by atoms with Gasteiger partial charge >= 0.3 is 0 Å². The van der Waals surface area contributed by atoms with E-state index in [9.17, 15) is 24.0 Å². The van der Waals surface area contributed by atoms with Gasteiger partial charge in [0.15, 0.2) is 0 Å². The Labute approximate surface area is 332 Å². The van der Waals surface area contributed by atoms with Gasteiger partial charge in [-0.3, -0.25) is 24.0 Å². The molecule has 2 aliphatic carbocycles. The first-order chi connectivity index (χ1) is 27.8. The number of aromatic amines is 1. The zero-order valence-electron chi connectivity index (χ0n) is 31.8. The second kappa shape index (κ2) is 16.9. The van der Waals surface area contributed by atoms with Crippen LogP contribution in [0.1, 0.15) is 103 Å². The number of nitrogens with zero attached hydrogens (tertiary/aromatic N) is 3. The first kappa shape index (κ1) is 37.7. The van der Waals surface area contributed by atoms with Gasteiger partial charge in [0, 0.05) is 37.0 Å². The molecule has 1 aromatic heterocycles. The van der Waals surface area contributed by atoms with Gasteiger partial charge in [0.2, 0.25) is 29.5 Å². The number of amides is 5. The number of hydrogen-bond acceptors (Lipinski definition) is 6. The fraction of sp³-hybridized carbons (Fsp3) is 0.378. The van der Waals surface area contributed by atoms with Crippen molar-refractivity contribution in [2.75, 3.05) is 13.1 Å². The van der Waals surface area contributed by atoms with E-state index in [1.807, 2.05) is 89.8 Å². The first-order valence-electron chi connectivity index (χ1n) is 20.1. The molecule has 4 aromatic rings. The van der Waals surface area contributed by atoms with E-state index in [2.05, 4.69) is 37.8 Å². The number of H-pyrrole nitrogens is 1. The molecule has 3 heterocycles. The van der Waals surface area contributed by atoms with Crippen LogP contribution in [-0.4, -0.2) is 68.4 Å². The third-order valence-electron chi connectivity index (χ3n) is 11.3. The maximum atomic E-state index is 14.0. The number of carbonyl (C=O) groups is 5. The predicted molar refractivity (Wildman–Crippen MR) is 211 cm³/mol. The molecule has 8 rings (SSSR count). The molecule has 4 atom stereocenters. The maximum absolute atomic E-state index is 14.0. The summed E-state index contributed by atoms with van der Waals surface area (Å²) >= 11 is 0. The lowest BCUT2D eigenvalue weighted by molar-refractivity contribution is -0.141. The van der Waals surface area contributed by atoms with Crippen LogP contribution in [-0.2, 0) is 30.5 Å². The lowest BCUT2D eigenvalue weighted by atomic mass is 10.0. The van der Waals surface area contributed by atoms with Gasteiger partial charge in [-0.2, -0.15) is 0 Å². The molecule has 57 heavy (non-hydrogen) atoms. The van der Waals surface area contributed by atoms with E-state index < -0.39 is 18.1 Å². The molecule has 0 radical (unpaired) electrons. The van der Waals surface area contributed by atoms with Crippen molar-refractivity contribution in [1.29, 1.82) is 0 Å². The lowest BCUT2D eigenvalue weighted by Crippen LogP contribution is -2.50. The summed E-state index contributed by atoms with van der Waals surface area (Å²) in [6.45, 7) is 1.32. The van der Waals surface area contributed by atoms with Crippen LogP contribution in [0.25, 0.3) is 0 Å². The average Bonchev–Trinajstić information content (AvgIpc) is 4.12. The highest BCUT2D eigenvalue weighted by atomic mass is 16.2. The maximum Gasteiger partial charge on any atom is 0.250 e. The van der Waals surface area contributed by atoms with Crippen LogP contribution in [0.3, 0.4) is 0 Å². The molecule has 4 unspecified atom stereocenters. The van der Waals surface area contributed by atoms with Crippen molar-refractivity contribution in [3.63, 3.8) is 0 Å². The van der Waals surface area contributed by atoms with Crippen molar-refractivity contribution in [3.8, 4) is 11.8 Å². The van der Waals surface area contributed by atoms with Gasteiger partial charge in [-0.05, 0) is 86.1 Å². The molecule has 3 aromatic carbocycles. The van der Waals surface area contributed by atoms with Crippen LogP contribution in [0, 0.1) is 23.7 Å². The highest BCUT2D eigenvalue weighted by Gasteiger charge is 2.41. The molecule has 12 nitrogen and oxygen atoms in total. The van der Waals surface area contributed by atoms with E-state index in [1.165, 1.54) is 0 Å². The van der Waals surface area contributed by atoms with E-state index in [-0.39, 0.29) is 47.4 Å². The van der Waals surface area contributed by atoms with Gasteiger partial charge in [0.05, 0.1) is 12.2 Å². The van der Waals surface area contributed by atoms with Crippen molar-refractivity contribution in [2.24, 2.45) is 11.8 Å². The molecule has 4 N–H and O–H groups in total. The van der Waals surface area contributed by atoms with E-state index >= 15 is 0 Å². The molecule has 12 heteroatoms. The molecule has 2 aliphatic heterocycles. The van der Waals surface area contributed by atoms with Gasteiger partial charge < -0.3 is 30.7 Å². The molecule has 292 valence electrons. The van der Waals surface area contributed by atoms with Gasteiger partial charge in [-0.25, -0.2) is 4.98 Å². The zero-order chi connectivity index (χ0) is 39.3. The third-order valence-corrected chi connectivity index (χ3v) is 11.3. The predicted octanol–water partition coefficient (Wildman–Crippen LogP) is 4.62. The summed E-state index contributed by atoms with van der Waals surface area (Å²) in [5.41, 5.74) is 3.76. The van der Waals surface area contributed by atoms with Crippen LogP contribution in [0.4, 0.5) is 0 Å². The summed E-state index contributed by atoms with van der Waals surface area (Å²) in [4.78, 5) is 78.0. The van der Waals surface area contributed by atoms with E-state index in [1.54, 1.807) is 11.1 Å². The summed E-state index contributed by atoms with van der Waals surface area (Å²) in [7, 11) is 0. The topological polar surface area (TPSA) is 157 Å². The zero-order valence-corrected chi connectivity index (χ0v) is 31.8. The number of carbonyl (C=O) groups excluding carboxylic acids is 5. The van der Waals surface area contributed by atoms with Crippen LogP contribution in [0.5, 0.6) is 0 Å². The van der Waals surface area contributed by atoms with Crippen molar-refractivity contribution >= 4 is 29.5 Å². The molecule has 2 saturated heterocycles. The number of imidazole rings is 1. The number of rotatable bonds is 12. The van der Waals surface area contributed by atoms with Crippen LogP contribution in [0.15, 0.2) is 91.1 Å². The van der Waals surface area contributed by atoms with Gasteiger partial charge in [0.25, 0.3) is 0 Å². The molecule has 5 amide bonds. The molecule has 4 fully saturated rings. The Morgan fingerprint density at radius 2 is 1.23 bits per heavy atom. The van der Waals surface area contributed by atoms with Gasteiger partial charge in [0.1, 0.15) is 29.6 Å². The Morgan fingerprint density at radius 3 is 1.82 bits per heavy atom. The highest BCUT2D eigenvalue weighted by Crippen LogP contribution is 2.35. The summed E-state index contributed by atoms with van der Waals surface area (Å²) in [5.74, 6) is 6.11. The number of aromatic nitrogens is 2.